The summed E-state index contributed by atoms with van der Waals surface area (Å²) >= 11 is 3.05. The number of aromatic nitrogens is 2. The molecule has 0 saturated carbocycles. The summed E-state index contributed by atoms with van der Waals surface area (Å²) in [7, 11) is 0. The number of nitrogens with zero attached hydrogens (tertiary/aromatic N) is 2. The van der Waals surface area contributed by atoms with Crippen molar-refractivity contribution >= 4 is 29.1 Å². The molecule has 3 atom stereocenters. The fraction of sp³-hybridized carbons (Fsp3) is 0.562. The van der Waals surface area contributed by atoms with Gasteiger partial charge in [-0.15, -0.1) is 21.5 Å². The number of aryl methyl sites for hydroxylation is 1. The van der Waals surface area contributed by atoms with Crippen LogP contribution in [0.4, 0.5) is 0 Å². The lowest BCUT2D eigenvalue weighted by Crippen LogP contribution is -2.09. The maximum Gasteiger partial charge on any atom is 0.320 e. The van der Waals surface area contributed by atoms with E-state index in [1.807, 2.05) is 6.92 Å². The third-order valence-corrected chi connectivity index (χ3v) is 6.58. The predicted molar refractivity (Wildman–Crippen MR) is 88.6 cm³/mol. The minimum atomic E-state index is -0.240. The van der Waals surface area contributed by atoms with E-state index < -0.39 is 0 Å². The molecule has 2 aliphatic rings. The van der Waals surface area contributed by atoms with E-state index >= 15 is 0 Å². The average molecular weight is 350 g/mol. The second-order valence-corrected chi connectivity index (χ2v) is 8.66. The lowest BCUT2D eigenvalue weighted by molar-refractivity contribution is -0.140. The highest BCUT2D eigenvalue weighted by Gasteiger charge is 2.34. The number of ether oxygens (including phenoxy) is 1. The zero-order valence-corrected chi connectivity index (χ0v) is 14.7. The fourth-order valence-corrected chi connectivity index (χ4v) is 5.21. The molecule has 0 radical (unpaired) electrons. The summed E-state index contributed by atoms with van der Waals surface area (Å²) in [6, 6.07) is 2.18. The van der Waals surface area contributed by atoms with Crippen molar-refractivity contribution in [2.75, 3.05) is 0 Å². The van der Waals surface area contributed by atoms with Crippen LogP contribution in [0, 0.1) is 5.92 Å². The summed E-state index contributed by atoms with van der Waals surface area (Å²) < 4.78 is 10.9. The van der Waals surface area contributed by atoms with Gasteiger partial charge in [0.05, 0.1) is 4.88 Å². The van der Waals surface area contributed by atoms with Crippen molar-refractivity contribution in [1.82, 2.24) is 10.2 Å². The molecule has 122 valence electrons. The van der Waals surface area contributed by atoms with Gasteiger partial charge >= 0.3 is 5.97 Å². The highest BCUT2D eigenvalue weighted by molar-refractivity contribution is 8.00. The lowest BCUT2D eigenvalue weighted by atomic mass is 9.90. The third kappa shape index (κ3) is 3.04. The summed E-state index contributed by atoms with van der Waals surface area (Å²) in [4.78, 5) is 14.2. The molecule has 2 aromatic rings. The molecule has 0 aromatic carbocycles. The number of thiophene rings is 1. The quantitative estimate of drug-likeness (QED) is 0.786. The van der Waals surface area contributed by atoms with Crippen molar-refractivity contribution in [3.05, 3.63) is 16.5 Å². The molecule has 0 amide bonds. The average Bonchev–Trinajstić information content (AvgIpc) is 3.18. The van der Waals surface area contributed by atoms with Crippen LogP contribution in [0.2, 0.25) is 0 Å². The minimum Gasteiger partial charge on any atom is -0.462 e. The molecule has 23 heavy (non-hydrogen) atoms. The molecule has 0 unspecified atom stereocenters. The number of fused-ring (bicyclic) bond motifs is 1. The van der Waals surface area contributed by atoms with Crippen LogP contribution in [0.25, 0.3) is 10.8 Å². The Morgan fingerprint density at radius 2 is 2.22 bits per heavy atom. The number of hydrogen-bond donors (Lipinski definition) is 0. The zero-order valence-electron chi connectivity index (χ0n) is 13.1. The van der Waals surface area contributed by atoms with E-state index in [4.69, 9.17) is 9.15 Å². The van der Waals surface area contributed by atoms with Crippen LogP contribution in [0.5, 0.6) is 0 Å². The summed E-state index contributed by atoms with van der Waals surface area (Å²) in [5.74, 6) is 1.11. The van der Waals surface area contributed by atoms with E-state index in [1.165, 1.54) is 28.6 Å². The topological polar surface area (TPSA) is 65.2 Å². The number of cyclic esters (lactones) is 1. The van der Waals surface area contributed by atoms with Crippen LogP contribution in [0.3, 0.4) is 0 Å². The predicted octanol–water partition coefficient (Wildman–Crippen LogP) is 3.72. The van der Waals surface area contributed by atoms with E-state index in [1.54, 1.807) is 11.3 Å². The molecule has 7 heteroatoms. The molecule has 0 spiro atoms. The molecule has 1 saturated heterocycles. The van der Waals surface area contributed by atoms with Crippen LogP contribution >= 0.6 is 23.1 Å². The summed E-state index contributed by atoms with van der Waals surface area (Å²) in [6.45, 7) is 4.19. The Kier molecular flexibility index (Phi) is 3.93. The standard InChI is InChI=1S/C16H18N2O3S2/c1-8-3-4-11-10(5-8)7-12(22-11)14-17-18-16(21-14)23-13-6-9(2)20-15(13)19/h7-9,13H,3-6H2,1-2H3/t8-,9-,13+/m1/s1. The van der Waals surface area contributed by atoms with Crippen LogP contribution in [0.1, 0.15) is 37.1 Å². The van der Waals surface area contributed by atoms with Crippen LogP contribution in [0.15, 0.2) is 15.7 Å². The molecule has 4 rings (SSSR count). The van der Waals surface area contributed by atoms with Crippen molar-refractivity contribution in [3.8, 4) is 10.8 Å². The highest BCUT2D eigenvalue weighted by atomic mass is 32.2. The molecular weight excluding hydrogens is 332 g/mol. The van der Waals surface area contributed by atoms with E-state index in [0.717, 1.165) is 23.6 Å². The van der Waals surface area contributed by atoms with Gasteiger partial charge in [-0.2, -0.15) is 0 Å². The van der Waals surface area contributed by atoms with Crippen molar-refractivity contribution in [2.24, 2.45) is 5.92 Å². The smallest absolute Gasteiger partial charge is 0.320 e. The van der Waals surface area contributed by atoms with Crippen molar-refractivity contribution < 1.29 is 13.9 Å². The van der Waals surface area contributed by atoms with Crippen LogP contribution in [-0.2, 0) is 22.4 Å². The zero-order chi connectivity index (χ0) is 16.0. The SMILES string of the molecule is C[C@@H]1CCc2sc(-c3nnc(S[C@H]4C[C@@H](C)OC4=O)o3)cc2C1. The van der Waals surface area contributed by atoms with Crippen LogP contribution < -0.4 is 0 Å². The molecule has 0 N–H and O–H groups in total. The minimum absolute atomic E-state index is 0.0339. The maximum absolute atomic E-state index is 11.7. The van der Waals surface area contributed by atoms with E-state index in [-0.39, 0.29) is 17.3 Å². The lowest BCUT2D eigenvalue weighted by Gasteiger charge is -2.16. The van der Waals surface area contributed by atoms with Gasteiger partial charge in [-0.25, -0.2) is 0 Å². The Morgan fingerprint density at radius 1 is 1.35 bits per heavy atom. The Balaban J connectivity index is 1.51. The molecule has 1 fully saturated rings. The number of rotatable bonds is 3. The first-order chi connectivity index (χ1) is 11.1. The molecule has 0 bridgehead atoms. The molecule has 5 nitrogen and oxygen atoms in total. The summed E-state index contributed by atoms with van der Waals surface area (Å²) in [5.41, 5.74) is 1.42. The number of thioether (sulfide) groups is 1. The van der Waals surface area contributed by atoms with Gasteiger partial charge in [0.1, 0.15) is 11.4 Å². The largest absolute Gasteiger partial charge is 0.462 e. The molecule has 1 aliphatic heterocycles. The van der Waals surface area contributed by atoms with Gasteiger partial charge in [-0.1, -0.05) is 6.92 Å². The monoisotopic (exact) mass is 350 g/mol. The molecular formula is C16H18N2O3S2. The van der Waals surface area contributed by atoms with Gasteiger partial charge < -0.3 is 9.15 Å². The van der Waals surface area contributed by atoms with Crippen molar-refractivity contribution in [3.63, 3.8) is 0 Å². The Hall–Kier alpha value is -1.34. The van der Waals surface area contributed by atoms with Crippen molar-refractivity contribution in [1.29, 1.82) is 0 Å². The Morgan fingerprint density at radius 3 is 3.00 bits per heavy atom. The second-order valence-electron chi connectivity index (χ2n) is 6.37. The Bertz CT molecular complexity index is 740. The first-order valence-electron chi connectivity index (χ1n) is 7.91. The summed E-state index contributed by atoms with van der Waals surface area (Å²) in [5, 5.41) is 8.44. The van der Waals surface area contributed by atoms with Gasteiger partial charge in [0.15, 0.2) is 0 Å². The van der Waals surface area contributed by atoms with Gasteiger partial charge in [0.2, 0.25) is 0 Å². The van der Waals surface area contributed by atoms with E-state index in [2.05, 4.69) is 23.2 Å². The normalized spacial score (nSPS) is 27.0. The fourth-order valence-electron chi connectivity index (χ4n) is 3.11. The van der Waals surface area contributed by atoms with Gasteiger partial charge in [0, 0.05) is 11.3 Å². The second kappa shape index (κ2) is 5.94. The van der Waals surface area contributed by atoms with Gasteiger partial charge in [0.25, 0.3) is 11.1 Å². The first kappa shape index (κ1) is 15.2. The number of carbonyl (C=O) groups is 1. The number of hydrogen-bond acceptors (Lipinski definition) is 7. The highest BCUT2D eigenvalue weighted by Crippen LogP contribution is 2.38. The first-order valence-corrected chi connectivity index (χ1v) is 9.60. The van der Waals surface area contributed by atoms with Gasteiger partial charge in [-0.3, -0.25) is 4.79 Å². The van der Waals surface area contributed by atoms with Crippen molar-refractivity contribution in [2.45, 2.75) is 56.1 Å². The van der Waals surface area contributed by atoms with Gasteiger partial charge in [-0.05, 0) is 55.5 Å². The van der Waals surface area contributed by atoms with E-state index in [0.29, 0.717) is 17.5 Å². The summed E-state index contributed by atoms with van der Waals surface area (Å²) in [6.07, 6.45) is 4.18. The molecule has 1 aliphatic carbocycles. The number of esters is 1. The maximum atomic E-state index is 11.7. The van der Waals surface area contributed by atoms with E-state index in [9.17, 15) is 4.79 Å². The third-order valence-electron chi connectivity index (χ3n) is 4.32. The molecule has 3 heterocycles. The molecule has 2 aromatic heterocycles. The van der Waals surface area contributed by atoms with Crippen LogP contribution in [-0.4, -0.2) is 27.5 Å². The number of carbonyl (C=O) groups excluding carboxylic acids is 1. The Labute approximate surface area is 142 Å².